The fourth-order valence-corrected chi connectivity index (χ4v) is 2.15. The number of rotatable bonds is 5. The van der Waals surface area contributed by atoms with Crippen molar-refractivity contribution in [3.05, 3.63) is 42.2 Å². The number of nitrogens with one attached hydrogen (secondary N) is 1. The van der Waals surface area contributed by atoms with Gasteiger partial charge in [0, 0.05) is 29.8 Å². The van der Waals surface area contributed by atoms with Crippen molar-refractivity contribution in [2.75, 3.05) is 7.11 Å². The predicted octanol–water partition coefficient (Wildman–Crippen LogP) is 3.31. The molecule has 4 nitrogen and oxygen atoms in total. The standard InChI is InChI=1S/C15H17NO2.C3H7N/c1-17-14-7-4-11(15-3-2-8-18-15)9-12(14)10-16-13-5-6-13;4-3-1-2-3/h2-4,7-9,13,16H,5-6,10H2,1H3;3H,1-2,4H2. The summed E-state index contributed by atoms with van der Waals surface area (Å²) in [6, 6.07) is 11.3. The summed E-state index contributed by atoms with van der Waals surface area (Å²) in [5.41, 5.74) is 7.49. The average Bonchev–Trinajstić information content (AvgIpc) is 3.47. The molecule has 22 heavy (non-hydrogen) atoms. The summed E-state index contributed by atoms with van der Waals surface area (Å²) in [6.45, 7) is 0.850. The SMILES string of the molecule is COc1ccc(-c2ccco2)cc1CNC1CC1.NC1CC1. The van der Waals surface area contributed by atoms with Crippen molar-refractivity contribution >= 4 is 0 Å². The molecule has 0 radical (unpaired) electrons. The summed E-state index contributed by atoms with van der Waals surface area (Å²) in [7, 11) is 1.71. The lowest BCUT2D eigenvalue weighted by Gasteiger charge is -2.10. The molecule has 4 rings (SSSR count). The van der Waals surface area contributed by atoms with E-state index in [9.17, 15) is 0 Å². The molecule has 0 spiro atoms. The van der Waals surface area contributed by atoms with Gasteiger partial charge in [0.05, 0.1) is 13.4 Å². The second-order valence-electron chi connectivity index (χ2n) is 6.00. The molecule has 0 aliphatic heterocycles. The van der Waals surface area contributed by atoms with Gasteiger partial charge >= 0.3 is 0 Å². The Labute approximate surface area is 131 Å². The van der Waals surface area contributed by atoms with Gasteiger partial charge in [0.1, 0.15) is 11.5 Å². The first-order chi connectivity index (χ1) is 10.8. The van der Waals surface area contributed by atoms with Gasteiger partial charge in [0.15, 0.2) is 0 Å². The molecule has 2 aliphatic rings. The fraction of sp³-hybridized carbons (Fsp3) is 0.444. The predicted molar refractivity (Wildman–Crippen MR) is 87.8 cm³/mol. The van der Waals surface area contributed by atoms with E-state index in [4.69, 9.17) is 14.9 Å². The van der Waals surface area contributed by atoms with Crippen LogP contribution < -0.4 is 15.8 Å². The van der Waals surface area contributed by atoms with Gasteiger partial charge in [-0.25, -0.2) is 0 Å². The molecule has 1 aromatic carbocycles. The second kappa shape index (κ2) is 6.99. The van der Waals surface area contributed by atoms with Crippen LogP contribution in [0, 0.1) is 0 Å². The van der Waals surface area contributed by atoms with Crippen molar-refractivity contribution in [1.82, 2.24) is 5.32 Å². The molecule has 3 N–H and O–H groups in total. The van der Waals surface area contributed by atoms with Gasteiger partial charge < -0.3 is 20.2 Å². The van der Waals surface area contributed by atoms with Crippen LogP contribution in [0.25, 0.3) is 11.3 Å². The zero-order chi connectivity index (χ0) is 15.4. The monoisotopic (exact) mass is 300 g/mol. The normalized spacial score (nSPS) is 16.8. The van der Waals surface area contributed by atoms with Gasteiger partial charge in [0.25, 0.3) is 0 Å². The Morgan fingerprint density at radius 2 is 2.00 bits per heavy atom. The van der Waals surface area contributed by atoms with E-state index in [-0.39, 0.29) is 0 Å². The van der Waals surface area contributed by atoms with Gasteiger partial charge in [0.2, 0.25) is 0 Å². The van der Waals surface area contributed by atoms with E-state index in [1.807, 2.05) is 24.3 Å². The molecule has 0 saturated heterocycles. The topological polar surface area (TPSA) is 60.4 Å². The molecule has 0 unspecified atom stereocenters. The summed E-state index contributed by atoms with van der Waals surface area (Å²) < 4.78 is 10.8. The van der Waals surface area contributed by atoms with E-state index in [2.05, 4.69) is 11.4 Å². The van der Waals surface area contributed by atoms with E-state index >= 15 is 0 Å². The Morgan fingerprint density at radius 1 is 1.23 bits per heavy atom. The Morgan fingerprint density at radius 3 is 2.55 bits per heavy atom. The van der Waals surface area contributed by atoms with Crippen molar-refractivity contribution in [2.24, 2.45) is 5.73 Å². The van der Waals surface area contributed by atoms with E-state index < -0.39 is 0 Å². The number of benzene rings is 1. The lowest BCUT2D eigenvalue weighted by atomic mass is 10.1. The maximum Gasteiger partial charge on any atom is 0.133 e. The molecular weight excluding hydrogens is 276 g/mol. The van der Waals surface area contributed by atoms with Gasteiger partial charge in [-0.05, 0) is 56.0 Å². The number of nitrogens with two attached hydrogens (primary N) is 1. The highest BCUT2D eigenvalue weighted by molar-refractivity contribution is 5.60. The Balaban J connectivity index is 0.000000313. The summed E-state index contributed by atoms with van der Waals surface area (Å²) in [4.78, 5) is 0. The molecule has 118 valence electrons. The molecule has 2 aliphatic carbocycles. The Hall–Kier alpha value is -1.78. The maximum absolute atomic E-state index is 5.42. The van der Waals surface area contributed by atoms with Crippen LogP contribution in [0.15, 0.2) is 41.0 Å². The lowest BCUT2D eigenvalue weighted by molar-refractivity contribution is 0.407. The van der Waals surface area contributed by atoms with Crippen LogP contribution in [0.3, 0.4) is 0 Å². The Kier molecular flexibility index (Phi) is 4.80. The molecule has 2 fully saturated rings. The first kappa shape index (κ1) is 15.1. The summed E-state index contributed by atoms with van der Waals surface area (Å²) in [5.74, 6) is 1.82. The highest BCUT2D eigenvalue weighted by atomic mass is 16.5. The Bertz CT molecular complexity index is 587. The van der Waals surface area contributed by atoms with Crippen LogP contribution in [0.1, 0.15) is 31.2 Å². The van der Waals surface area contributed by atoms with Crippen LogP contribution in [-0.2, 0) is 6.54 Å². The number of ether oxygens (including phenoxy) is 1. The molecule has 2 saturated carbocycles. The van der Waals surface area contributed by atoms with E-state index in [1.165, 1.54) is 31.2 Å². The molecule has 0 atom stereocenters. The van der Waals surface area contributed by atoms with Crippen LogP contribution in [0.4, 0.5) is 0 Å². The number of furan rings is 1. The first-order valence-corrected chi connectivity index (χ1v) is 7.96. The fourth-order valence-electron chi connectivity index (χ4n) is 2.15. The minimum Gasteiger partial charge on any atom is -0.496 e. The van der Waals surface area contributed by atoms with Crippen molar-refractivity contribution in [3.63, 3.8) is 0 Å². The van der Waals surface area contributed by atoms with Gasteiger partial charge in [-0.15, -0.1) is 0 Å². The molecule has 1 aromatic heterocycles. The van der Waals surface area contributed by atoms with E-state index in [1.54, 1.807) is 13.4 Å². The average molecular weight is 300 g/mol. The van der Waals surface area contributed by atoms with E-state index in [0.717, 1.165) is 23.6 Å². The minimum absolute atomic E-state index is 0.583. The molecule has 4 heteroatoms. The third-order valence-electron chi connectivity index (χ3n) is 3.87. The highest BCUT2D eigenvalue weighted by Crippen LogP contribution is 2.28. The molecular formula is C18H24N2O2. The zero-order valence-corrected chi connectivity index (χ0v) is 13.0. The minimum atomic E-state index is 0.583. The zero-order valence-electron chi connectivity index (χ0n) is 13.0. The summed E-state index contributed by atoms with van der Waals surface area (Å²) in [5, 5.41) is 3.51. The van der Waals surface area contributed by atoms with Crippen molar-refractivity contribution in [2.45, 2.75) is 44.3 Å². The molecule has 2 aromatic rings. The van der Waals surface area contributed by atoms with E-state index in [0.29, 0.717) is 12.1 Å². The van der Waals surface area contributed by atoms with Gasteiger partial charge in [-0.1, -0.05) is 0 Å². The number of hydrogen-bond acceptors (Lipinski definition) is 4. The molecule has 1 heterocycles. The van der Waals surface area contributed by atoms with Crippen LogP contribution >= 0.6 is 0 Å². The summed E-state index contributed by atoms with van der Waals surface area (Å²) in [6.07, 6.45) is 6.81. The van der Waals surface area contributed by atoms with Crippen LogP contribution in [0.2, 0.25) is 0 Å². The maximum atomic E-state index is 5.42. The lowest BCUT2D eigenvalue weighted by Crippen LogP contribution is -2.15. The van der Waals surface area contributed by atoms with Crippen LogP contribution in [-0.4, -0.2) is 19.2 Å². The van der Waals surface area contributed by atoms with Gasteiger partial charge in [-0.3, -0.25) is 0 Å². The second-order valence-corrected chi connectivity index (χ2v) is 6.00. The smallest absolute Gasteiger partial charge is 0.133 e. The number of hydrogen-bond donors (Lipinski definition) is 2. The van der Waals surface area contributed by atoms with Crippen molar-refractivity contribution in [3.8, 4) is 17.1 Å². The van der Waals surface area contributed by atoms with Crippen molar-refractivity contribution < 1.29 is 9.15 Å². The first-order valence-electron chi connectivity index (χ1n) is 7.96. The third-order valence-corrected chi connectivity index (χ3v) is 3.87. The summed E-state index contributed by atoms with van der Waals surface area (Å²) >= 11 is 0. The van der Waals surface area contributed by atoms with Crippen molar-refractivity contribution in [1.29, 1.82) is 0 Å². The number of methoxy groups -OCH3 is 1. The largest absolute Gasteiger partial charge is 0.496 e. The third kappa shape index (κ3) is 4.36. The highest BCUT2D eigenvalue weighted by Gasteiger charge is 2.20. The van der Waals surface area contributed by atoms with Gasteiger partial charge in [-0.2, -0.15) is 0 Å². The molecule has 0 bridgehead atoms. The quantitative estimate of drug-likeness (QED) is 0.889. The van der Waals surface area contributed by atoms with Crippen LogP contribution in [0.5, 0.6) is 5.75 Å². The molecule has 0 amide bonds.